The van der Waals surface area contributed by atoms with Gasteiger partial charge in [0, 0.05) is 17.0 Å². The van der Waals surface area contributed by atoms with E-state index in [1.54, 1.807) is 6.07 Å². The van der Waals surface area contributed by atoms with Crippen LogP contribution in [0.15, 0.2) is 24.5 Å². The van der Waals surface area contributed by atoms with Crippen LogP contribution in [-0.2, 0) is 0 Å². The molecule has 1 heterocycles. The Balaban J connectivity index is 2.88. The number of nitriles is 1. The molecule has 0 amide bonds. The lowest BCUT2D eigenvalue weighted by Crippen LogP contribution is -1.85. The van der Waals surface area contributed by atoms with E-state index in [-0.39, 0.29) is 11.3 Å². The first-order valence-electron chi connectivity index (χ1n) is 3.88. The Morgan fingerprint density at radius 1 is 1.36 bits per heavy atom. The van der Waals surface area contributed by atoms with Crippen molar-refractivity contribution in [3.8, 4) is 11.8 Å². The number of aromatic nitrogens is 1. The van der Waals surface area contributed by atoms with Crippen LogP contribution in [0.5, 0.6) is 5.75 Å². The molecule has 0 unspecified atom stereocenters. The third kappa shape index (κ3) is 1.15. The Morgan fingerprint density at radius 2 is 2.14 bits per heavy atom. The normalized spacial score (nSPS) is 10.0. The van der Waals surface area contributed by atoms with E-state index in [9.17, 15) is 9.50 Å². The molecule has 0 aliphatic carbocycles. The minimum Gasteiger partial charge on any atom is -0.506 e. The van der Waals surface area contributed by atoms with Gasteiger partial charge in [-0.2, -0.15) is 5.26 Å². The van der Waals surface area contributed by atoms with Crippen molar-refractivity contribution in [3.05, 3.63) is 35.9 Å². The largest absolute Gasteiger partial charge is 0.506 e. The molecule has 1 aromatic heterocycles. The van der Waals surface area contributed by atoms with Gasteiger partial charge in [-0.15, -0.1) is 0 Å². The average Bonchev–Trinajstić information content (AvgIpc) is 2.19. The van der Waals surface area contributed by atoms with Gasteiger partial charge in [-0.25, -0.2) is 4.39 Å². The number of rotatable bonds is 0. The van der Waals surface area contributed by atoms with E-state index in [0.29, 0.717) is 10.8 Å². The van der Waals surface area contributed by atoms with Crippen LogP contribution in [0.2, 0.25) is 0 Å². The summed E-state index contributed by atoms with van der Waals surface area (Å²) in [4.78, 5) is 3.74. The van der Waals surface area contributed by atoms with E-state index in [1.165, 1.54) is 18.5 Å². The molecule has 0 atom stereocenters. The Kier molecular flexibility index (Phi) is 1.79. The van der Waals surface area contributed by atoms with Gasteiger partial charge in [-0.05, 0) is 12.1 Å². The highest BCUT2D eigenvalue weighted by molar-refractivity contribution is 5.88. The zero-order valence-corrected chi connectivity index (χ0v) is 7.03. The molecule has 0 saturated heterocycles. The van der Waals surface area contributed by atoms with Crippen LogP contribution in [-0.4, -0.2) is 10.1 Å². The summed E-state index contributed by atoms with van der Waals surface area (Å²) in [7, 11) is 0. The zero-order valence-electron chi connectivity index (χ0n) is 7.03. The Morgan fingerprint density at radius 3 is 2.86 bits per heavy atom. The Labute approximate surface area is 79.1 Å². The maximum Gasteiger partial charge on any atom is 0.141 e. The summed E-state index contributed by atoms with van der Waals surface area (Å²) in [5.41, 5.74) is -0.0510. The van der Waals surface area contributed by atoms with Crippen LogP contribution in [0.4, 0.5) is 4.39 Å². The Bertz CT molecular complexity index is 546. The second-order valence-corrected chi connectivity index (χ2v) is 2.82. The van der Waals surface area contributed by atoms with Crippen LogP contribution in [0, 0.1) is 17.1 Å². The molecule has 0 saturated carbocycles. The van der Waals surface area contributed by atoms with Gasteiger partial charge in [-0.3, -0.25) is 4.98 Å². The second kappa shape index (κ2) is 2.96. The maximum atomic E-state index is 13.1. The first-order chi connectivity index (χ1) is 6.72. The number of benzene rings is 1. The summed E-state index contributed by atoms with van der Waals surface area (Å²) in [5.74, 6) is -0.729. The van der Waals surface area contributed by atoms with Gasteiger partial charge in [0.05, 0.1) is 11.8 Å². The smallest absolute Gasteiger partial charge is 0.141 e. The van der Waals surface area contributed by atoms with Crippen molar-refractivity contribution in [2.75, 3.05) is 0 Å². The summed E-state index contributed by atoms with van der Waals surface area (Å²) in [6.07, 6.45) is 2.70. The Hall–Kier alpha value is -2.15. The molecule has 14 heavy (non-hydrogen) atoms. The first-order valence-corrected chi connectivity index (χ1v) is 3.88. The maximum absolute atomic E-state index is 13.1. The number of fused-ring (bicyclic) bond motifs is 1. The number of nitrogens with zero attached hydrogens (tertiary/aromatic N) is 2. The van der Waals surface area contributed by atoms with E-state index >= 15 is 0 Å². The highest BCUT2D eigenvalue weighted by atomic mass is 19.1. The van der Waals surface area contributed by atoms with Crippen molar-refractivity contribution in [2.45, 2.75) is 0 Å². The molecule has 2 aromatic rings. The third-order valence-corrected chi connectivity index (χ3v) is 1.95. The molecule has 68 valence electrons. The molecule has 3 nitrogen and oxygen atoms in total. The molecule has 0 radical (unpaired) electrons. The topological polar surface area (TPSA) is 56.9 Å². The molecule has 4 heteroatoms. The molecule has 0 aliphatic rings. The number of aromatic hydroxyl groups is 1. The van der Waals surface area contributed by atoms with Gasteiger partial charge < -0.3 is 5.11 Å². The monoisotopic (exact) mass is 188 g/mol. The number of hydrogen-bond acceptors (Lipinski definition) is 3. The average molecular weight is 188 g/mol. The standard InChI is InChI=1S/C10H5FN2O/c11-9-2-8-7(1-6(9)3-12)4-13-5-10(8)14/h1-2,4-5,14H. The summed E-state index contributed by atoms with van der Waals surface area (Å²) in [5, 5.41) is 18.8. The third-order valence-electron chi connectivity index (χ3n) is 1.95. The van der Waals surface area contributed by atoms with Crippen LogP contribution < -0.4 is 0 Å². The summed E-state index contributed by atoms with van der Waals surface area (Å²) in [6.45, 7) is 0. The first kappa shape index (κ1) is 8.45. The fourth-order valence-electron chi connectivity index (χ4n) is 1.26. The van der Waals surface area contributed by atoms with E-state index in [0.717, 1.165) is 6.07 Å². The molecule has 1 aromatic carbocycles. The van der Waals surface area contributed by atoms with Crippen LogP contribution in [0.1, 0.15) is 5.56 Å². The second-order valence-electron chi connectivity index (χ2n) is 2.82. The van der Waals surface area contributed by atoms with Gasteiger partial charge >= 0.3 is 0 Å². The van der Waals surface area contributed by atoms with Gasteiger partial charge in [0.25, 0.3) is 0 Å². The SMILES string of the molecule is N#Cc1cc2cncc(O)c2cc1F. The van der Waals surface area contributed by atoms with Gasteiger partial charge in [0.15, 0.2) is 0 Å². The van der Waals surface area contributed by atoms with Gasteiger partial charge in [-0.1, -0.05) is 0 Å². The van der Waals surface area contributed by atoms with Gasteiger partial charge in [0.2, 0.25) is 0 Å². The highest BCUT2D eigenvalue weighted by Crippen LogP contribution is 2.25. The number of hydrogen-bond donors (Lipinski definition) is 1. The summed E-state index contributed by atoms with van der Waals surface area (Å²) < 4.78 is 13.1. The molecular formula is C10H5FN2O. The lowest BCUT2D eigenvalue weighted by molar-refractivity contribution is 0.479. The fraction of sp³-hybridized carbons (Fsp3) is 0. The van der Waals surface area contributed by atoms with Crippen LogP contribution in [0.3, 0.4) is 0 Å². The molecule has 0 bridgehead atoms. The predicted octanol–water partition coefficient (Wildman–Crippen LogP) is 1.95. The number of halogens is 1. The van der Waals surface area contributed by atoms with Crippen molar-refractivity contribution in [1.29, 1.82) is 5.26 Å². The molecule has 2 rings (SSSR count). The van der Waals surface area contributed by atoms with Crippen molar-refractivity contribution in [1.82, 2.24) is 4.98 Å². The predicted molar refractivity (Wildman–Crippen MR) is 48.1 cm³/mol. The lowest BCUT2D eigenvalue weighted by atomic mass is 10.1. The van der Waals surface area contributed by atoms with Gasteiger partial charge in [0.1, 0.15) is 17.6 Å². The lowest BCUT2D eigenvalue weighted by Gasteiger charge is -2.00. The van der Waals surface area contributed by atoms with Crippen molar-refractivity contribution >= 4 is 10.8 Å². The van der Waals surface area contributed by atoms with Crippen molar-refractivity contribution < 1.29 is 9.50 Å². The van der Waals surface area contributed by atoms with Crippen LogP contribution in [0.25, 0.3) is 10.8 Å². The minimum absolute atomic E-state index is 0.0510. The quantitative estimate of drug-likeness (QED) is 0.687. The number of pyridine rings is 1. The van der Waals surface area contributed by atoms with E-state index < -0.39 is 5.82 Å². The zero-order chi connectivity index (χ0) is 10.1. The van der Waals surface area contributed by atoms with Crippen LogP contribution >= 0.6 is 0 Å². The summed E-state index contributed by atoms with van der Waals surface area (Å²) >= 11 is 0. The summed E-state index contributed by atoms with van der Waals surface area (Å²) in [6, 6.07) is 4.21. The molecule has 0 fully saturated rings. The van der Waals surface area contributed by atoms with E-state index in [4.69, 9.17) is 5.26 Å². The highest BCUT2D eigenvalue weighted by Gasteiger charge is 2.06. The fourth-order valence-corrected chi connectivity index (χ4v) is 1.26. The van der Waals surface area contributed by atoms with E-state index in [1.807, 2.05) is 0 Å². The van der Waals surface area contributed by atoms with E-state index in [2.05, 4.69) is 4.98 Å². The molecule has 0 spiro atoms. The molecule has 1 N–H and O–H groups in total. The molecule has 0 aliphatic heterocycles. The van der Waals surface area contributed by atoms with Crippen molar-refractivity contribution in [2.24, 2.45) is 0 Å². The molecular weight excluding hydrogens is 183 g/mol. The minimum atomic E-state index is -0.637. The van der Waals surface area contributed by atoms with Crippen molar-refractivity contribution in [3.63, 3.8) is 0 Å².